The zero-order chi connectivity index (χ0) is 20.8. The van der Waals surface area contributed by atoms with Crippen LogP contribution in [0.2, 0.25) is 0 Å². The van der Waals surface area contributed by atoms with Crippen molar-refractivity contribution in [3.63, 3.8) is 0 Å². The van der Waals surface area contributed by atoms with Crippen molar-refractivity contribution in [3.8, 4) is 0 Å². The Bertz CT molecular complexity index is 980. The van der Waals surface area contributed by atoms with Crippen molar-refractivity contribution >= 4 is 20.1 Å². The van der Waals surface area contributed by atoms with Gasteiger partial charge in [-0.15, -0.1) is 0 Å². The first-order valence-corrected chi connectivity index (χ1v) is 11.0. The summed E-state index contributed by atoms with van der Waals surface area (Å²) in [6.45, 7) is 2.28. The predicted molar refractivity (Wildman–Crippen MR) is 102 cm³/mol. The van der Waals surface area contributed by atoms with Crippen molar-refractivity contribution in [2.24, 2.45) is 0 Å². The van der Waals surface area contributed by atoms with Crippen LogP contribution in [0.25, 0.3) is 0 Å². The normalized spacial score (nSPS) is 18.1. The maximum absolute atomic E-state index is 15.5. The molecule has 2 aromatic carbocycles. The molecule has 3 amide bonds. The van der Waals surface area contributed by atoms with E-state index in [2.05, 4.69) is 0 Å². The topological polar surface area (TPSA) is 57.7 Å². The molecule has 2 aliphatic heterocycles. The molecule has 4 rings (SSSR count). The van der Waals surface area contributed by atoms with Gasteiger partial charge >= 0.3 is 165 Å². The van der Waals surface area contributed by atoms with Crippen LogP contribution in [0.1, 0.15) is 49.5 Å². The van der Waals surface area contributed by atoms with Crippen molar-refractivity contribution in [1.82, 2.24) is 9.80 Å². The summed E-state index contributed by atoms with van der Waals surface area (Å²) in [5.74, 6) is -0.983. The van der Waals surface area contributed by atoms with E-state index in [0.29, 0.717) is 16.7 Å². The number of hydrogen-bond donors (Lipinski definition) is 0. The molecule has 0 radical (unpaired) electrons. The average molecular weight is 468 g/mol. The molecular formula is C22H20FN2O3Y. The molecule has 0 atom stereocenters. The number of hydrogen-bond acceptors (Lipinski definition) is 3. The Morgan fingerprint density at radius 2 is 1.66 bits per heavy atom. The van der Waals surface area contributed by atoms with Crippen molar-refractivity contribution in [2.75, 3.05) is 19.6 Å². The summed E-state index contributed by atoms with van der Waals surface area (Å²) in [5.41, 5.74) is 0.773. The number of benzene rings is 2. The van der Waals surface area contributed by atoms with E-state index in [1.807, 2.05) is 25.1 Å². The zero-order valence-electron chi connectivity index (χ0n) is 16.2. The molecule has 0 bridgehead atoms. The number of rotatable bonds is 3. The number of piperidine rings is 1. The molecular weight excluding hydrogens is 448 g/mol. The number of amides is 3. The van der Waals surface area contributed by atoms with Crippen LogP contribution >= 0.6 is 0 Å². The van der Waals surface area contributed by atoms with E-state index >= 15 is 4.39 Å². The molecule has 0 spiro atoms. The van der Waals surface area contributed by atoms with Gasteiger partial charge in [-0.3, -0.25) is 0 Å². The minimum atomic E-state index is -1.68. The number of halogens is 1. The zero-order valence-corrected chi connectivity index (χ0v) is 19.0. The van der Waals surface area contributed by atoms with Crippen LogP contribution < -0.4 is 2.37 Å². The Hall–Kier alpha value is -1.92. The molecule has 1 saturated heterocycles. The number of carbonyl (C=O) groups is 3. The van der Waals surface area contributed by atoms with Gasteiger partial charge in [-0.05, 0) is 12.1 Å². The first kappa shape index (κ1) is 20.4. The van der Waals surface area contributed by atoms with Crippen LogP contribution in [0.3, 0.4) is 0 Å². The molecule has 0 aromatic heterocycles. The van der Waals surface area contributed by atoms with E-state index in [9.17, 15) is 14.4 Å². The maximum atomic E-state index is 15.5. The molecule has 0 saturated carbocycles. The Morgan fingerprint density at radius 3 is 2.21 bits per heavy atom. The van der Waals surface area contributed by atoms with E-state index in [1.54, 1.807) is 29.2 Å². The number of fused-ring (bicyclic) bond motifs is 1. The molecule has 0 unspecified atom stereocenters. The first-order chi connectivity index (χ1) is 13.8. The minimum absolute atomic E-state index is 0.0941. The first-order valence-electron chi connectivity index (χ1n) is 9.59. The van der Waals surface area contributed by atoms with Crippen LogP contribution in [-0.2, 0) is 31.0 Å². The van der Waals surface area contributed by atoms with E-state index in [4.69, 9.17) is 0 Å². The Labute approximate surface area is 188 Å². The fourth-order valence-electron chi connectivity index (χ4n) is 3.89. The van der Waals surface area contributed by atoms with Crippen LogP contribution in [0.4, 0.5) is 4.39 Å². The molecule has 0 aliphatic carbocycles. The second-order valence-corrected chi connectivity index (χ2v) is 9.29. The van der Waals surface area contributed by atoms with Crippen molar-refractivity contribution in [3.05, 3.63) is 64.7 Å². The number of nitrogens with zero attached hydrogens (tertiary/aromatic N) is 2. The van der Waals surface area contributed by atoms with Gasteiger partial charge in [0.15, 0.2) is 0 Å². The molecule has 2 aromatic rings. The number of alkyl halides is 1. The summed E-state index contributed by atoms with van der Waals surface area (Å²) < 4.78 is 16.6. The van der Waals surface area contributed by atoms with Crippen LogP contribution in [0.5, 0.6) is 0 Å². The summed E-state index contributed by atoms with van der Waals surface area (Å²) in [7, 11) is 0. The molecule has 2 heterocycles. The van der Waals surface area contributed by atoms with E-state index in [0.717, 1.165) is 35.9 Å². The molecule has 2 aliphatic rings. The van der Waals surface area contributed by atoms with Crippen LogP contribution in [0, 0.1) is 6.92 Å². The van der Waals surface area contributed by atoms with Crippen LogP contribution in [0.15, 0.2) is 42.5 Å². The average Bonchev–Trinajstić information content (AvgIpc) is 2.95. The van der Waals surface area contributed by atoms with Gasteiger partial charge in [0.2, 0.25) is 0 Å². The van der Waals surface area contributed by atoms with E-state index in [1.165, 1.54) is 7.94 Å². The molecule has 1 fully saturated rings. The van der Waals surface area contributed by atoms with Crippen molar-refractivity contribution < 1.29 is 49.7 Å². The number of imide groups is 1. The quantitative estimate of drug-likeness (QED) is 0.651. The number of likely N-dealkylation sites (tertiary alicyclic amines) is 1. The Balaban J connectivity index is 1.42. The summed E-state index contributed by atoms with van der Waals surface area (Å²) in [6, 6.07) is 12.2. The predicted octanol–water partition coefficient (Wildman–Crippen LogP) is 2.41. The monoisotopic (exact) mass is 468 g/mol. The molecule has 29 heavy (non-hydrogen) atoms. The number of aryl methyl sites for hydroxylation is 1. The van der Waals surface area contributed by atoms with E-state index in [-0.39, 0.29) is 38.4 Å². The fourth-order valence-corrected chi connectivity index (χ4v) is 4.57. The van der Waals surface area contributed by atoms with Crippen molar-refractivity contribution in [1.29, 1.82) is 0 Å². The summed E-state index contributed by atoms with van der Waals surface area (Å²) in [6.07, 6.45) is 0.205. The van der Waals surface area contributed by atoms with E-state index < -0.39 is 17.5 Å². The third-order valence-electron chi connectivity index (χ3n) is 5.79. The third kappa shape index (κ3) is 3.80. The second kappa shape index (κ2) is 7.73. The Morgan fingerprint density at radius 1 is 1.07 bits per heavy atom. The van der Waals surface area contributed by atoms with Gasteiger partial charge in [0.1, 0.15) is 0 Å². The van der Waals surface area contributed by atoms with Gasteiger partial charge in [-0.2, -0.15) is 0 Å². The second-order valence-electron chi connectivity index (χ2n) is 7.76. The summed E-state index contributed by atoms with van der Waals surface area (Å²) in [4.78, 5) is 40.5. The fraction of sp³-hybridized carbons (Fsp3) is 0.318. The number of carbonyl (C=O) groups excluding carboxylic acids is 3. The van der Waals surface area contributed by atoms with Crippen LogP contribution in [-0.4, -0.2) is 52.8 Å². The van der Waals surface area contributed by atoms with Gasteiger partial charge in [-0.1, -0.05) is 12.1 Å². The van der Waals surface area contributed by atoms with Crippen molar-refractivity contribution in [2.45, 2.75) is 25.4 Å². The van der Waals surface area contributed by atoms with Gasteiger partial charge < -0.3 is 0 Å². The summed E-state index contributed by atoms with van der Waals surface area (Å²) in [5, 5.41) is 0. The van der Waals surface area contributed by atoms with Gasteiger partial charge in [0, 0.05) is 0 Å². The van der Waals surface area contributed by atoms with Gasteiger partial charge in [0.05, 0.1) is 0 Å². The third-order valence-corrected chi connectivity index (χ3v) is 7.32. The van der Waals surface area contributed by atoms with Gasteiger partial charge in [-0.25, -0.2) is 0 Å². The molecule has 146 valence electrons. The summed E-state index contributed by atoms with van der Waals surface area (Å²) >= 11 is 0.934. The molecule has 5 nitrogen and oxygen atoms in total. The SMILES string of the molecule is Cc1ccc(C(=O)N2CCC(F)(CN3C(=O)c4ccccc4C3=O)CC2)c[c]1[Y]. The molecule has 0 N–H and O–H groups in total. The Kier molecular flexibility index (Phi) is 5.43. The molecule has 7 heteroatoms. The van der Waals surface area contributed by atoms with Gasteiger partial charge in [0.25, 0.3) is 0 Å². The standard InChI is InChI=1S/C22H20FN2O3.Y/c1-15-6-8-16(9-7-15)19(26)24-12-10-22(23,11-13-24)14-25-20(27)17-4-2-3-5-18(17)21(25)28;/h2-6,8-9H,10-14H2,1H3;.